The molecule has 0 radical (unpaired) electrons. The van der Waals surface area contributed by atoms with Gasteiger partial charge in [0, 0.05) is 17.1 Å². The summed E-state index contributed by atoms with van der Waals surface area (Å²) in [5.74, 6) is 0. The zero-order chi connectivity index (χ0) is 9.72. The molecule has 8 N–H and O–H groups in total. The van der Waals surface area contributed by atoms with Gasteiger partial charge in [0.2, 0.25) is 0 Å². The molecule has 8 heteroatoms. The molecule has 7 nitrogen and oxygen atoms in total. The Kier molecular flexibility index (Phi) is 13.8. The molecule has 0 rings (SSSR count). The maximum absolute atomic E-state index is 8.96. The van der Waals surface area contributed by atoms with E-state index in [1.54, 1.807) is 0 Å². The van der Waals surface area contributed by atoms with Crippen LogP contribution >= 0.6 is 0 Å². The normalized spacial score (nSPS) is 18.4. The summed E-state index contributed by atoms with van der Waals surface area (Å²) >= 11 is 0. The zero-order valence-electron chi connectivity index (χ0n) is 7.26. The second kappa shape index (κ2) is 9.78. The first kappa shape index (κ1) is 19.8. The molecule has 0 aromatic rings. The Balaban J connectivity index is -0.000000605. The van der Waals surface area contributed by atoms with Crippen LogP contribution in [0.3, 0.4) is 0 Å². The van der Waals surface area contributed by atoms with Gasteiger partial charge in [-0.25, -0.2) is 0 Å². The number of hydrogen-bond acceptors (Lipinski definition) is 6. The second-order valence-corrected chi connectivity index (χ2v) is 2.48. The first-order valence-corrected chi connectivity index (χ1v) is 3.48. The van der Waals surface area contributed by atoms with Crippen LogP contribution in [0.2, 0.25) is 0 Å². The molecule has 90 valence electrons. The summed E-state index contributed by atoms with van der Waals surface area (Å²) < 4.78 is 0. The molecule has 0 aromatic heterocycles. The molecule has 0 spiro atoms. The minimum atomic E-state index is -1.67. The van der Waals surface area contributed by atoms with Gasteiger partial charge in [-0.2, -0.15) is 0 Å². The van der Waals surface area contributed by atoms with Crippen LogP contribution in [-0.2, 0) is 17.1 Å². The molecule has 0 fully saturated rings. The maximum atomic E-state index is 8.96. The van der Waals surface area contributed by atoms with Crippen LogP contribution in [0.1, 0.15) is 0 Å². The molecule has 0 aliphatic rings. The second-order valence-electron chi connectivity index (χ2n) is 2.48. The van der Waals surface area contributed by atoms with Gasteiger partial charge >= 0.3 is 0 Å². The van der Waals surface area contributed by atoms with Gasteiger partial charge < -0.3 is 36.1 Å². The first-order chi connectivity index (χ1) is 5.54. The topological polar surface area (TPSA) is 153 Å². The maximum Gasteiger partial charge on any atom is 0.111 e. The molecule has 14 heavy (non-hydrogen) atoms. The number of hydrogen-bond donors (Lipinski definition) is 6. The molecule has 0 aliphatic heterocycles. The van der Waals surface area contributed by atoms with E-state index in [2.05, 4.69) is 0 Å². The number of aliphatic hydroxyl groups excluding tert-OH is 6. The molecule has 0 saturated carbocycles. The summed E-state index contributed by atoms with van der Waals surface area (Å²) in [5.41, 5.74) is 0. The van der Waals surface area contributed by atoms with Crippen molar-refractivity contribution in [1.82, 2.24) is 0 Å². The SMILES string of the molecule is O.OC[C@@H](O)[C@@H](O)[C@H](O)[C@H](O)CO.[Fe]. The summed E-state index contributed by atoms with van der Waals surface area (Å²) in [6.07, 6.45) is -6.39. The summed E-state index contributed by atoms with van der Waals surface area (Å²) in [7, 11) is 0. The van der Waals surface area contributed by atoms with E-state index in [0.717, 1.165) is 0 Å². The van der Waals surface area contributed by atoms with Crippen LogP contribution in [0.5, 0.6) is 0 Å². The van der Waals surface area contributed by atoms with Crippen molar-refractivity contribution in [1.29, 1.82) is 0 Å². The largest absolute Gasteiger partial charge is 0.412 e. The number of aliphatic hydroxyl groups is 6. The van der Waals surface area contributed by atoms with Gasteiger partial charge in [-0.3, -0.25) is 0 Å². The van der Waals surface area contributed by atoms with Gasteiger partial charge in [0.25, 0.3) is 0 Å². The average Bonchev–Trinajstić information content (AvgIpc) is 2.12. The minimum absolute atomic E-state index is 0. The van der Waals surface area contributed by atoms with Crippen LogP contribution < -0.4 is 0 Å². The molecular weight excluding hydrogens is 240 g/mol. The minimum Gasteiger partial charge on any atom is -0.412 e. The molecule has 0 aromatic carbocycles. The fourth-order valence-corrected chi connectivity index (χ4v) is 0.671. The van der Waals surface area contributed by atoms with Crippen molar-refractivity contribution in [3.8, 4) is 0 Å². The third-order valence-electron chi connectivity index (χ3n) is 1.51. The van der Waals surface area contributed by atoms with Crippen LogP contribution in [0.15, 0.2) is 0 Å². The van der Waals surface area contributed by atoms with Gasteiger partial charge in [0.05, 0.1) is 13.2 Å². The van der Waals surface area contributed by atoms with Gasteiger partial charge in [0.15, 0.2) is 0 Å². The first-order valence-electron chi connectivity index (χ1n) is 3.48. The van der Waals surface area contributed by atoms with E-state index in [9.17, 15) is 0 Å². The van der Waals surface area contributed by atoms with Crippen molar-refractivity contribution in [2.45, 2.75) is 24.4 Å². The number of rotatable bonds is 5. The predicted molar refractivity (Wildman–Crippen MR) is 41.8 cm³/mol. The van der Waals surface area contributed by atoms with E-state index in [-0.39, 0.29) is 22.5 Å². The van der Waals surface area contributed by atoms with Gasteiger partial charge in [0.1, 0.15) is 24.4 Å². The molecular formula is C6H16FeO7. The summed E-state index contributed by atoms with van der Waals surface area (Å²) in [6, 6.07) is 0. The van der Waals surface area contributed by atoms with Crippen molar-refractivity contribution in [3.05, 3.63) is 0 Å². The van der Waals surface area contributed by atoms with Crippen LogP contribution in [0, 0.1) is 0 Å². The van der Waals surface area contributed by atoms with Crippen molar-refractivity contribution in [2.24, 2.45) is 0 Å². The molecule has 4 atom stereocenters. The van der Waals surface area contributed by atoms with Gasteiger partial charge in [-0.05, 0) is 0 Å². The zero-order valence-corrected chi connectivity index (χ0v) is 8.36. The van der Waals surface area contributed by atoms with E-state index in [1.165, 1.54) is 0 Å². The van der Waals surface area contributed by atoms with E-state index in [0.29, 0.717) is 0 Å². The molecule has 0 unspecified atom stereocenters. The monoisotopic (exact) mass is 256 g/mol. The fourth-order valence-electron chi connectivity index (χ4n) is 0.671. The Morgan fingerprint density at radius 2 is 0.929 bits per heavy atom. The van der Waals surface area contributed by atoms with Gasteiger partial charge in [-0.15, -0.1) is 0 Å². The average molecular weight is 256 g/mol. The van der Waals surface area contributed by atoms with E-state index in [4.69, 9.17) is 30.6 Å². The summed E-state index contributed by atoms with van der Waals surface area (Å²) in [5, 5.41) is 52.2. The Morgan fingerprint density at radius 1 is 0.714 bits per heavy atom. The fraction of sp³-hybridized carbons (Fsp3) is 1.00. The molecule has 0 saturated heterocycles. The van der Waals surface area contributed by atoms with E-state index < -0.39 is 37.6 Å². The van der Waals surface area contributed by atoms with E-state index >= 15 is 0 Å². The Bertz CT molecular complexity index is 111. The van der Waals surface area contributed by atoms with Crippen LogP contribution in [0.25, 0.3) is 0 Å². The third kappa shape index (κ3) is 5.86. The Hall–Kier alpha value is 0.239. The molecule has 0 bridgehead atoms. The smallest absolute Gasteiger partial charge is 0.111 e. The third-order valence-corrected chi connectivity index (χ3v) is 1.51. The van der Waals surface area contributed by atoms with Crippen molar-refractivity contribution < 1.29 is 53.2 Å². The van der Waals surface area contributed by atoms with Crippen LogP contribution in [-0.4, -0.2) is 73.7 Å². The Labute approximate surface area is 91.4 Å². The van der Waals surface area contributed by atoms with Gasteiger partial charge in [-0.1, -0.05) is 0 Å². The summed E-state index contributed by atoms with van der Waals surface area (Å²) in [4.78, 5) is 0. The van der Waals surface area contributed by atoms with Crippen molar-refractivity contribution in [2.75, 3.05) is 13.2 Å². The quantitative estimate of drug-likeness (QED) is 0.273. The van der Waals surface area contributed by atoms with Crippen molar-refractivity contribution >= 4 is 0 Å². The summed E-state index contributed by atoms with van der Waals surface area (Å²) in [6.45, 7) is -1.45. The Morgan fingerprint density at radius 3 is 1.07 bits per heavy atom. The molecule has 0 amide bonds. The van der Waals surface area contributed by atoms with E-state index in [1.807, 2.05) is 0 Å². The van der Waals surface area contributed by atoms with Crippen molar-refractivity contribution in [3.63, 3.8) is 0 Å². The van der Waals surface area contributed by atoms with Crippen LogP contribution in [0.4, 0.5) is 0 Å². The molecule has 0 aliphatic carbocycles. The predicted octanol–water partition coefficient (Wildman–Crippen LogP) is -4.41. The molecule has 0 heterocycles. The standard InChI is InChI=1S/C6H14O6.Fe.H2O/c7-1-3(9)5(11)6(12)4(10)2-8;;/h3-12H,1-2H2;;1H2/t3-,4-,5-,6-;;/m1../s1.